The molecule has 1 aromatic heterocycles. The zero-order valence-corrected chi connectivity index (χ0v) is 12.6. The van der Waals surface area contributed by atoms with Crippen molar-refractivity contribution in [3.63, 3.8) is 0 Å². The number of nitrogens with one attached hydrogen (secondary N) is 1. The number of benzene rings is 1. The van der Waals surface area contributed by atoms with Crippen molar-refractivity contribution >= 4 is 11.9 Å². The minimum atomic E-state index is -0.961. The fourth-order valence-electron chi connectivity index (χ4n) is 2.34. The maximum absolute atomic E-state index is 12.4. The van der Waals surface area contributed by atoms with Gasteiger partial charge in [0.15, 0.2) is 0 Å². The third-order valence-electron chi connectivity index (χ3n) is 3.65. The Balaban J connectivity index is 2.27. The van der Waals surface area contributed by atoms with Crippen molar-refractivity contribution in [3.05, 3.63) is 59.5 Å². The van der Waals surface area contributed by atoms with Crippen LogP contribution in [0.5, 0.6) is 0 Å². The monoisotopic (exact) mass is 301 g/mol. The Morgan fingerprint density at radius 3 is 2.50 bits per heavy atom. The van der Waals surface area contributed by atoms with E-state index in [1.807, 2.05) is 25.1 Å². The first-order valence-electron chi connectivity index (χ1n) is 7.19. The van der Waals surface area contributed by atoms with Crippen LogP contribution in [0.4, 0.5) is 0 Å². The number of hydrogen-bond acceptors (Lipinski definition) is 3. The summed E-state index contributed by atoms with van der Waals surface area (Å²) in [6.07, 6.45) is 2.06. The van der Waals surface area contributed by atoms with Crippen molar-refractivity contribution in [1.82, 2.24) is 5.32 Å². The largest absolute Gasteiger partial charge is 0.481 e. The van der Waals surface area contributed by atoms with Crippen molar-refractivity contribution in [2.45, 2.75) is 26.3 Å². The quantitative estimate of drug-likeness (QED) is 0.859. The van der Waals surface area contributed by atoms with Crippen molar-refractivity contribution in [2.75, 3.05) is 0 Å². The molecular formula is C17H19NO4. The van der Waals surface area contributed by atoms with E-state index >= 15 is 0 Å². The maximum Gasteiger partial charge on any atom is 0.308 e. The lowest BCUT2D eigenvalue weighted by molar-refractivity contribution is -0.142. The number of aryl methyl sites for hydroxylation is 1. The molecule has 116 valence electrons. The van der Waals surface area contributed by atoms with E-state index in [4.69, 9.17) is 4.42 Å². The zero-order chi connectivity index (χ0) is 16.1. The van der Waals surface area contributed by atoms with E-state index in [2.05, 4.69) is 5.32 Å². The highest BCUT2D eigenvalue weighted by Gasteiger charge is 2.28. The topological polar surface area (TPSA) is 79.5 Å². The average molecular weight is 301 g/mol. The number of hydrogen-bond donors (Lipinski definition) is 2. The number of carbonyl (C=O) groups excluding carboxylic acids is 1. The fourth-order valence-corrected chi connectivity index (χ4v) is 2.34. The fraction of sp³-hybridized carbons (Fsp3) is 0.294. The van der Waals surface area contributed by atoms with Crippen LogP contribution in [0.15, 0.2) is 47.1 Å². The molecule has 0 aliphatic carbocycles. The molecule has 22 heavy (non-hydrogen) atoms. The van der Waals surface area contributed by atoms with Crippen LogP contribution in [0.25, 0.3) is 0 Å². The summed E-state index contributed by atoms with van der Waals surface area (Å²) in [5, 5.41) is 12.1. The molecule has 0 aliphatic heterocycles. The Labute approximate surface area is 129 Å². The minimum Gasteiger partial charge on any atom is -0.481 e. The molecule has 2 N–H and O–H groups in total. The van der Waals surface area contributed by atoms with Gasteiger partial charge in [-0.2, -0.15) is 0 Å². The lowest BCUT2D eigenvalue weighted by atomic mass is 9.94. The summed E-state index contributed by atoms with van der Waals surface area (Å²) in [5.74, 6) is -1.44. The van der Waals surface area contributed by atoms with Gasteiger partial charge in [-0.15, -0.1) is 0 Å². The molecule has 0 aliphatic rings. The number of carboxylic acids is 1. The number of aliphatic carboxylic acids is 1. The number of furan rings is 1. The van der Waals surface area contributed by atoms with Gasteiger partial charge in [-0.25, -0.2) is 0 Å². The van der Waals surface area contributed by atoms with Crippen LogP contribution in [0.1, 0.15) is 41.6 Å². The van der Waals surface area contributed by atoms with Gasteiger partial charge in [0.1, 0.15) is 5.76 Å². The third kappa shape index (κ3) is 3.36. The second-order valence-electron chi connectivity index (χ2n) is 5.10. The summed E-state index contributed by atoms with van der Waals surface area (Å²) in [4.78, 5) is 23.8. The summed E-state index contributed by atoms with van der Waals surface area (Å²) < 4.78 is 5.25. The van der Waals surface area contributed by atoms with Crippen LogP contribution in [-0.2, 0) is 11.2 Å². The van der Waals surface area contributed by atoms with Crippen LogP contribution in [0.2, 0.25) is 0 Å². The van der Waals surface area contributed by atoms with E-state index in [1.54, 1.807) is 25.1 Å². The second-order valence-corrected chi connectivity index (χ2v) is 5.10. The highest BCUT2D eigenvalue weighted by atomic mass is 16.4. The summed E-state index contributed by atoms with van der Waals surface area (Å²) >= 11 is 0. The smallest absolute Gasteiger partial charge is 0.308 e. The van der Waals surface area contributed by atoms with Gasteiger partial charge in [0.2, 0.25) is 0 Å². The van der Waals surface area contributed by atoms with Gasteiger partial charge < -0.3 is 14.8 Å². The van der Waals surface area contributed by atoms with E-state index in [9.17, 15) is 14.7 Å². The molecule has 2 rings (SSSR count). The molecule has 0 spiro atoms. The van der Waals surface area contributed by atoms with Gasteiger partial charge >= 0.3 is 5.97 Å². The Morgan fingerprint density at radius 1 is 1.23 bits per heavy atom. The first-order valence-corrected chi connectivity index (χ1v) is 7.19. The van der Waals surface area contributed by atoms with E-state index in [0.717, 1.165) is 5.56 Å². The first kappa shape index (κ1) is 15.8. The molecule has 2 atom stereocenters. The molecule has 1 heterocycles. The molecule has 2 unspecified atom stereocenters. The maximum atomic E-state index is 12.4. The number of carbonyl (C=O) groups is 2. The Bertz CT molecular complexity index is 648. The van der Waals surface area contributed by atoms with Gasteiger partial charge in [0, 0.05) is 6.42 Å². The van der Waals surface area contributed by atoms with Crippen LogP contribution in [0.3, 0.4) is 0 Å². The minimum absolute atomic E-state index is 0.326. The van der Waals surface area contributed by atoms with Crippen LogP contribution in [0, 0.1) is 5.92 Å². The van der Waals surface area contributed by atoms with E-state index in [1.165, 1.54) is 6.26 Å². The van der Waals surface area contributed by atoms with Gasteiger partial charge in [-0.3, -0.25) is 9.59 Å². The highest BCUT2D eigenvalue weighted by molar-refractivity contribution is 5.95. The third-order valence-corrected chi connectivity index (χ3v) is 3.65. The molecule has 5 nitrogen and oxygen atoms in total. The molecular weight excluding hydrogens is 282 g/mol. The van der Waals surface area contributed by atoms with Crippen LogP contribution >= 0.6 is 0 Å². The molecule has 0 saturated heterocycles. The summed E-state index contributed by atoms with van der Waals surface area (Å²) in [7, 11) is 0. The molecule has 0 radical (unpaired) electrons. The standard InChI is InChI=1S/C17H19NO4/c1-3-14-13(9-10-22-14)16(19)18-15(11(2)17(20)21)12-7-5-4-6-8-12/h4-11,15H,3H2,1-2H3,(H,18,19)(H,20,21). The number of carboxylic acid groups (broad SMARTS) is 1. The van der Waals surface area contributed by atoms with E-state index < -0.39 is 17.9 Å². The molecule has 1 amide bonds. The molecule has 0 saturated carbocycles. The average Bonchev–Trinajstić information content (AvgIpc) is 3.01. The first-order chi connectivity index (χ1) is 10.5. The number of rotatable bonds is 6. The lowest BCUT2D eigenvalue weighted by Crippen LogP contribution is -2.35. The normalized spacial score (nSPS) is 13.4. The molecule has 0 bridgehead atoms. The number of amides is 1. The van der Waals surface area contributed by atoms with Crippen molar-refractivity contribution < 1.29 is 19.1 Å². The van der Waals surface area contributed by atoms with Gasteiger partial charge in [-0.05, 0) is 18.6 Å². The van der Waals surface area contributed by atoms with Crippen molar-refractivity contribution in [1.29, 1.82) is 0 Å². The SMILES string of the molecule is CCc1occc1C(=O)NC(c1ccccc1)C(C)C(=O)O. The van der Waals surface area contributed by atoms with E-state index in [0.29, 0.717) is 17.7 Å². The lowest BCUT2D eigenvalue weighted by Gasteiger charge is -2.23. The Kier molecular flexibility index (Phi) is 4.99. The van der Waals surface area contributed by atoms with Crippen molar-refractivity contribution in [3.8, 4) is 0 Å². The summed E-state index contributed by atoms with van der Waals surface area (Å²) in [6.45, 7) is 3.47. The van der Waals surface area contributed by atoms with Gasteiger partial charge in [0.05, 0.1) is 23.8 Å². The molecule has 0 fully saturated rings. The second kappa shape index (κ2) is 6.93. The predicted octanol–water partition coefficient (Wildman–Crippen LogP) is 3.03. The molecule has 5 heteroatoms. The molecule has 2 aromatic rings. The predicted molar refractivity (Wildman–Crippen MR) is 81.5 cm³/mol. The van der Waals surface area contributed by atoms with Crippen LogP contribution in [-0.4, -0.2) is 17.0 Å². The van der Waals surface area contributed by atoms with Gasteiger partial charge in [0.25, 0.3) is 5.91 Å². The zero-order valence-electron chi connectivity index (χ0n) is 12.6. The van der Waals surface area contributed by atoms with Crippen molar-refractivity contribution in [2.24, 2.45) is 5.92 Å². The Morgan fingerprint density at radius 2 is 1.91 bits per heavy atom. The van der Waals surface area contributed by atoms with Crippen LogP contribution < -0.4 is 5.32 Å². The van der Waals surface area contributed by atoms with E-state index in [-0.39, 0.29) is 5.91 Å². The highest BCUT2D eigenvalue weighted by Crippen LogP contribution is 2.23. The van der Waals surface area contributed by atoms with Gasteiger partial charge in [-0.1, -0.05) is 37.3 Å². The molecule has 1 aromatic carbocycles. The summed E-state index contributed by atoms with van der Waals surface area (Å²) in [6, 6.07) is 10.1. The summed E-state index contributed by atoms with van der Waals surface area (Å²) in [5.41, 5.74) is 1.20. The Hall–Kier alpha value is -2.56.